The van der Waals surface area contributed by atoms with Crippen molar-refractivity contribution in [3.63, 3.8) is 0 Å². The first kappa shape index (κ1) is 18.9. The van der Waals surface area contributed by atoms with E-state index in [2.05, 4.69) is 10.6 Å². The highest BCUT2D eigenvalue weighted by molar-refractivity contribution is 5.97. The van der Waals surface area contributed by atoms with Crippen molar-refractivity contribution in [2.24, 2.45) is 0 Å². The van der Waals surface area contributed by atoms with E-state index in [0.29, 0.717) is 19.4 Å². The summed E-state index contributed by atoms with van der Waals surface area (Å²) in [6.07, 6.45) is 4.43. The molecule has 7 nitrogen and oxygen atoms in total. The largest absolute Gasteiger partial charge is 0.501 e. The Kier molecular flexibility index (Phi) is 6.96. The molecule has 0 spiro atoms. The average Bonchev–Trinajstić information content (AvgIpc) is 3.28. The first-order chi connectivity index (χ1) is 10.8. The zero-order valence-corrected chi connectivity index (χ0v) is 14.0. The number of amides is 2. The van der Waals surface area contributed by atoms with Gasteiger partial charge in [0.2, 0.25) is 12.3 Å². The molecule has 2 N–H and O–H groups in total. The van der Waals surface area contributed by atoms with Crippen molar-refractivity contribution in [3.8, 4) is 0 Å². The van der Waals surface area contributed by atoms with Gasteiger partial charge in [0, 0.05) is 0 Å². The van der Waals surface area contributed by atoms with Crippen LogP contribution in [0.15, 0.2) is 23.5 Å². The molecule has 0 bridgehead atoms. The Morgan fingerprint density at radius 2 is 2.00 bits per heavy atom. The van der Waals surface area contributed by atoms with Crippen LogP contribution < -0.4 is 10.6 Å². The molecule has 2 atom stereocenters. The van der Waals surface area contributed by atoms with Crippen molar-refractivity contribution in [1.82, 2.24) is 10.6 Å². The molecule has 0 aromatic heterocycles. The minimum Gasteiger partial charge on any atom is -0.501 e. The number of carbonyl (C=O) groups is 3. The van der Waals surface area contributed by atoms with Gasteiger partial charge < -0.3 is 20.1 Å². The van der Waals surface area contributed by atoms with E-state index in [1.165, 1.54) is 0 Å². The summed E-state index contributed by atoms with van der Waals surface area (Å²) in [6, 6.07) is -0.698. The van der Waals surface area contributed by atoms with Crippen molar-refractivity contribution >= 4 is 18.1 Å². The molecule has 0 aliphatic carbocycles. The van der Waals surface area contributed by atoms with Crippen molar-refractivity contribution in [2.75, 3.05) is 20.3 Å². The quantitative estimate of drug-likeness (QED) is 0.263. The first-order valence-electron chi connectivity index (χ1n) is 7.35. The lowest BCUT2D eigenvalue weighted by Gasteiger charge is -2.20. The van der Waals surface area contributed by atoms with Crippen LogP contribution in [-0.4, -0.2) is 50.0 Å². The van der Waals surface area contributed by atoms with Gasteiger partial charge in [-0.25, -0.2) is 0 Å². The molecule has 7 heteroatoms. The zero-order valence-electron chi connectivity index (χ0n) is 14.0. The number of epoxide rings is 1. The van der Waals surface area contributed by atoms with Crippen molar-refractivity contribution in [3.05, 3.63) is 23.5 Å². The predicted molar refractivity (Wildman–Crippen MR) is 84.5 cm³/mol. The number of ether oxygens (including phenoxy) is 2. The normalized spacial score (nSPS) is 22.1. The smallest absolute Gasteiger partial charge is 0.239 e. The number of hydrogen-bond donors (Lipinski definition) is 2. The summed E-state index contributed by atoms with van der Waals surface area (Å²) in [5.74, 6) is 0.150. The minimum atomic E-state index is -0.825. The van der Waals surface area contributed by atoms with E-state index in [0.717, 1.165) is 11.3 Å². The van der Waals surface area contributed by atoms with Crippen LogP contribution >= 0.6 is 0 Å². The van der Waals surface area contributed by atoms with Crippen LogP contribution in [0, 0.1) is 0 Å². The molecule has 1 saturated heterocycles. The molecule has 1 fully saturated rings. The van der Waals surface area contributed by atoms with Gasteiger partial charge in [-0.2, -0.15) is 0 Å². The Morgan fingerprint density at radius 1 is 1.35 bits per heavy atom. The molecule has 23 heavy (non-hydrogen) atoms. The van der Waals surface area contributed by atoms with Crippen molar-refractivity contribution < 1.29 is 23.9 Å². The lowest BCUT2D eigenvalue weighted by atomic mass is 9.95. The van der Waals surface area contributed by atoms with Crippen molar-refractivity contribution in [1.29, 1.82) is 0 Å². The topological polar surface area (TPSA) is 97.0 Å². The van der Waals surface area contributed by atoms with Crippen LogP contribution in [-0.2, 0) is 23.9 Å². The molecule has 0 aromatic rings. The SMILES string of the molecule is CO/C(C)=C/C=C(\C)C[C@H](NC(=O)CNC=O)C(=O)[C@@]1(C)CO1. The summed E-state index contributed by atoms with van der Waals surface area (Å²) in [5, 5.41) is 4.92. The first-order valence-corrected chi connectivity index (χ1v) is 7.35. The standard InChI is InChI=1S/C16H24N2O5/c1-11(5-6-12(2)22-4)7-13(15(21)16(3)9-23-16)18-14(20)8-17-10-19/h5-6,10,13H,7-9H2,1-4H3,(H,17,19)(H,18,20)/b11-5+,12-6+/t13-,16+/m0/s1. The molecular formula is C16H24N2O5. The second-order valence-corrected chi connectivity index (χ2v) is 5.70. The Balaban J connectivity index is 2.76. The molecule has 1 aliphatic rings. The third kappa shape index (κ3) is 6.23. The molecular weight excluding hydrogens is 300 g/mol. The van der Waals surface area contributed by atoms with E-state index in [4.69, 9.17) is 9.47 Å². The molecule has 128 valence electrons. The fourth-order valence-electron chi connectivity index (χ4n) is 1.93. The molecule has 1 rings (SSSR count). The van der Waals surface area contributed by atoms with Gasteiger partial charge in [0.1, 0.15) is 5.60 Å². The van der Waals surface area contributed by atoms with Gasteiger partial charge in [-0.15, -0.1) is 0 Å². The second kappa shape index (κ2) is 8.47. The van der Waals surface area contributed by atoms with Crippen LogP contribution in [0.5, 0.6) is 0 Å². The third-order valence-electron chi connectivity index (χ3n) is 3.55. The van der Waals surface area contributed by atoms with Gasteiger partial charge in [0.25, 0.3) is 0 Å². The van der Waals surface area contributed by atoms with Crippen LogP contribution in [0.4, 0.5) is 0 Å². The van der Waals surface area contributed by atoms with Gasteiger partial charge >= 0.3 is 0 Å². The maximum Gasteiger partial charge on any atom is 0.239 e. The maximum absolute atomic E-state index is 12.5. The zero-order chi connectivity index (χ0) is 17.5. The molecule has 0 saturated carbocycles. The highest BCUT2D eigenvalue weighted by atomic mass is 16.6. The van der Waals surface area contributed by atoms with Gasteiger partial charge in [-0.05, 0) is 33.3 Å². The molecule has 0 radical (unpaired) electrons. The fourth-order valence-corrected chi connectivity index (χ4v) is 1.93. The number of nitrogens with one attached hydrogen (secondary N) is 2. The van der Waals surface area contributed by atoms with Crippen LogP contribution in [0.2, 0.25) is 0 Å². The van der Waals surface area contributed by atoms with Gasteiger partial charge in [0.15, 0.2) is 5.78 Å². The summed E-state index contributed by atoms with van der Waals surface area (Å²) in [6.45, 7) is 5.57. The van der Waals surface area contributed by atoms with Crippen LogP contribution in [0.1, 0.15) is 27.2 Å². The summed E-state index contributed by atoms with van der Waals surface area (Å²) < 4.78 is 10.2. The highest BCUT2D eigenvalue weighted by Gasteiger charge is 2.49. The number of methoxy groups -OCH3 is 1. The highest BCUT2D eigenvalue weighted by Crippen LogP contribution is 2.29. The number of allylic oxidation sites excluding steroid dienone is 3. The fraction of sp³-hybridized carbons (Fsp3) is 0.562. The molecule has 2 amide bonds. The number of ketones is 1. The summed E-state index contributed by atoms with van der Waals surface area (Å²) in [5.41, 5.74) is 0.0851. The summed E-state index contributed by atoms with van der Waals surface area (Å²) in [7, 11) is 1.58. The van der Waals surface area contributed by atoms with Gasteiger partial charge in [-0.3, -0.25) is 14.4 Å². The van der Waals surface area contributed by atoms with E-state index < -0.39 is 17.6 Å². The molecule has 0 aromatic carbocycles. The van der Waals surface area contributed by atoms with Crippen LogP contribution in [0.25, 0.3) is 0 Å². The second-order valence-electron chi connectivity index (χ2n) is 5.70. The van der Waals surface area contributed by atoms with Crippen LogP contribution in [0.3, 0.4) is 0 Å². The number of rotatable bonds is 10. The summed E-state index contributed by atoms with van der Waals surface area (Å²) >= 11 is 0. The molecule has 1 aliphatic heterocycles. The number of Topliss-reactive ketones (excluding diaryl/α,β-unsaturated/α-hetero) is 1. The minimum absolute atomic E-state index is 0.169. The Hall–Kier alpha value is -2.15. The Labute approximate surface area is 136 Å². The van der Waals surface area contributed by atoms with E-state index in [-0.39, 0.29) is 12.3 Å². The predicted octanol–water partition coefficient (Wildman–Crippen LogP) is 0.462. The Bertz CT molecular complexity index is 521. The molecule has 0 unspecified atom stereocenters. The number of hydrogen-bond acceptors (Lipinski definition) is 5. The van der Waals surface area contributed by atoms with Crippen molar-refractivity contribution in [2.45, 2.75) is 38.8 Å². The van der Waals surface area contributed by atoms with E-state index in [1.54, 1.807) is 20.1 Å². The number of carbonyl (C=O) groups excluding carboxylic acids is 3. The third-order valence-corrected chi connectivity index (χ3v) is 3.55. The lowest BCUT2D eigenvalue weighted by molar-refractivity contribution is -0.130. The average molecular weight is 324 g/mol. The van der Waals surface area contributed by atoms with Gasteiger partial charge in [0.05, 0.1) is 32.1 Å². The Morgan fingerprint density at radius 3 is 2.52 bits per heavy atom. The lowest BCUT2D eigenvalue weighted by Crippen LogP contribution is -2.48. The van der Waals surface area contributed by atoms with E-state index >= 15 is 0 Å². The maximum atomic E-state index is 12.5. The summed E-state index contributed by atoms with van der Waals surface area (Å²) in [4.78, 5) is 34.5. The monoisotopic (exact) mass is 324 g/mol. The molecule has 1 heterocycles. The van der Waals surface area contributed by atoms with Gasteiger partial charge in [-0.1, -0.05) is 11.6 Å². The van der Waals surface area contributed by atoms with E-state index in [9.17, 15) is 14.4 Å². The van der Waals surface area contributed by atoms with E-state index in [1.807, 2.05) is 19.9 Å².